The maximum atomic E-state index is 13.4. The number of aromatic amines is 1. The number of methoxy groups -OCH3 is 2. The number of unbranched alkanes of at least 4 members (excludes halogenated alkanes) is 1. The van der Waals surface area contributed by atoms with Crippen LogP contribution in [-0.2, 0) is 11.2 Å². The molecular weight excluding hydrogens is 511 g/mol. The number of halogens is 1. The smallest absolute Gasteiger partial charge is 0.264 e. The summed E-state index contributed by atoms with van der Waals surface area (Å²) in [7, 11) is 4.51. The van der Waals surface area contributed by atoms with Gasteiger partial charge in [0, 0.05) is 18.7 Å². The van der Waals surface area contributed by atoms with E-state index in [4.69, 9.17) is 14.2 Å². The van der Waals surface area contributed by atoms with Crippen molar-refractivity contribution in [3.8, 4) is 28.4 Å². The van der Waals surface area contributed by atoms with Crippen LogP contribution in [0.15, 0.2) is 64.6 Å². The maximum absolute atomic E-state index is 13.4. The number of pyridine rings is 1. The minimum Gasteiger partial charge on any atom is -0.506 e. The largest absolute Gasteiger partial charge is 0.506 e. The summed E-state index contributed by atoms with van der Waals surface area (Å²) >= 11 is 0. The van der Waals surface area contributed by atoms with Gasteiger partial charge in [-0.25, -0.2) is 4.39 Å². The molecule has 0 radical (unpaired) electrons. The molecule has 3 rings (SSSR count). The number of nitrogens with one attached hydrogen (secondary N) is 1. The van der Waals surface area contributed by atoms with Gasteiger partial charge in [-0.15, -0.1) is 0 Å². The first-order chi connectivity index (χ1) is 19.2. The fourth-order valence-electron chi connectivity index (χ4n) is 4.10. The Bertz CT molecular complexity index is 1340. The summed E-state index contributed by atoms with van der Waals surface area (Å²) in [4.78, 5) is 20.3. The number of aliphatic imine (C=N–C) groups is 1. The van der Waals surface area contributed by atoms with Crippen LogP contribution >= 0.6 is 0 Å². The highest BCUT2D eigenvalue weighted by molar-refractivity contribution is 6.00. The number of rotatable bonds is 10. The van der Waals surface area contributed by atoms with Gasteiger partial charge in [-0.2, -0.15) is 0 Å². The lowest BCUT2D eigenvalue weighted by molar-refractivity contribution is 0.379. The van der Waals surface area contributed by atoms with E-state index in [-0.39, 0.29) is 34.7 Å². The summed E-state index contributed by atoms with van der Waals surface area (Å²) in [6.45, 7) is 12.1. The van der Waals surface area contributed by atoms with Crippen molar-refractivity contribution in [2.45, 2.75) is 59.3 Å². The first-order valence-electron chi connectivity index (χ1n) is 13.5. The average molecular weight is 553 g/mol. The molecule has 2 N–H and O–H groups in total. The number of H-pyrrole nitrogens is 1. The Kier molecular flexibility index (Phi) is 12.5. The number of aromatic nitrogens is 1. The zero-order valence-corrected chi connectivity index (χ0v) is 24.6. The third-order valence-corrected chi connectivity index (χ3v) is 6.22. The molecule has 0 aliphatic rings. The lowest BCUT2D eigenvalue weighted by Crippen LogP contribution is -2.23. The molecule has 0 aliphatic carbocycles. The molecule has 1 heterocycles. The van der Waals surface area contributed by atoms with Crippen LogP contribution in [0.25, 0.3) is 11.1 Å². The van der Waals surface area contributed by atoms with Gasteiger partial charge in [0.1, 0.15) is 34.4 Å². The zero-order valence-electron chi connectivity index (χ0n) is 24.6. The Morgan fingerprint density at radius 3 is 2.12 bits per heavy atom. The second-order valence-electron chi connectivity index (χ2n) is 9.25. The standard InChI is InChI=1S/C29H33FN2O5.C3H8/c1-7-8-10-21-24(25-22(35-5)11-9-12-23(25)36-6)27(33)26(28(34)32-21)29(31-4)37-18(3)17(2)19-13-15-20(30)16-14-19;1-3-2/h9,11-17H,3,7-8,10H2,1-2,4-6H3,(H2,32,33,34);3H2,1-2H3. The summed E-state index contributed by atoms with van der Waals surface area (Å²) < 4.78 is 30.5. The molecule has 0 bridgehead atoms. The van der Waals surface area contributed by atoms with Gasteiger partial charge < -0.3 is 24.3 Å². The number of aromatic hydroxyl groups is 1. The predicted molar refractivity (Wildman–Crippen MR) is 159 cm³/mol. The van der Waals surface area contributed by atoms with E-state index in [1.165, 1.54) is 39.8 Å². The molecular formula is C32H41FN2O5. The second kappa shape index (κ2) is 15.5. The van der Waals surface area contributed by atoms with Crippen molar-refractivity contribution >= 4 is 5.90 Å². The van der Waals surface area contributed by atoms with Crippen molar-refractivity contribution in [3.05, 3.63) is 87.8 Å². The van der Waals surface area contributed by atoms with E-state index < -0.39 is 5.56 Å². The van der Waals surface area contributed by atoms with Crippen LogP contribution < -0.4 is 15.0 Å². The van der Waals surface area contributed by atoms with E-state index in [9.17, 15) is 14.3 Å². The fourth-order valence-corrected chi connectivity index (χ4v) is 4.10. The monoisotopic (exact) mass is 552 g/mol. The van der Waals surface area contributed by atoms with Crippen molar-refractivity contribution in [1.82, 2.24) is 4.98 Å². The SMILES string of the molecule is C=C(OC(=NC)c1c(O)c(-c2c(OC)cccc2OC)c(CCCC)[nH]c1=O)C(C)c1ccc(F)cc1.CCC. The fraction of sp³-hybridized carbons (Fsp3) is 0.375. The van der Waals surface area contributed by atoms with Crippen LogP contribution in [0, 0.1) is 5.82 Å². The van der Waals surface area contributed by atoms with E-state index in [0.717, 1.165) is 18.4 Å². The number of benzene rings is 2. The Morgan fingerprint density at radius 1 is 1.05 bits per heavy atom. The van der Waals surface area contributed by atoms with Crippen molar-refractivity contribution in [1.29, 1.82) is 0 Å². The molecule has 1 unspecified atom stereocenters. The van der Waals surface area contributed by atoms with Crippen molar-refractivity contribution in [2.75, 3.05) is 21.3 Å². The van der Waals surface area contributed by atoms with Crippen LogP contribution in [-0.4, -0.2) is 37.3 Å². The van der Waals surface area contributed by atoms with Crippen molar-refractivity contribution in [2.24, 2.45) is 4.99 Å². The predicted octanol–water partition coefficient (Wildman–Crippen LogP) is 7.37. The van der Waals surface area contributed by atoms with Crippen LogP contribution in [0.2, 0.25) is 0 Å². The topological polar surface area (TPSA) is 93.1 Å². The molecule has 7 nitrogen and oxygen atoms in total. The number of hydrogen-bond donors (Lipinski definition) is 2. The summed E-state index contributed by atoms with van der Waals surface area (Å²) in [5, 5.41) is 11.6. The van der Waals surface area contributed by atoms with Gasteiger partial charge in [0.05, 0.1) is 25.3 Å². The molecule has 0 saturated carbocycles. The quantitative estimate of drug-likeness (QED) is 0.156. The number of hydrogen-bond acceptors (Lipinski definition) is 6. The van der Waals surface area contributed by atoms with Gasteiger partial charge in [0.15, 0.2) is 0 Å². The molecule has 0 aliphatic heterocycles. The van der Waals surface area contributed by atoms with Crippen LogP contribution in [0.4, 0.5) is 4.39 Å². The van der Waals surface area contributed by atoms with Gasteiger partial charge in [0.2, 0.25) is 5.90 Å². The normalized spacial score (nSPS) is 11.8. The lowest BCUT2D eigenvalue weighted by atomic mass is 9.95. The van der Waals surface area contributed by atoms with Gasteiger partial charge in [-0.05, 0) is 42.7 Å². The maximum Gasteiger partial charge on any atom is 0.264 e. The second-order valence-corrected chi connectivity index (χ2v) is 9.25. The molecule has 0 saturated heterocycles. The van der Waals surface area contributed by atoms with Gasteiger partial charge in [0.25, 0.3) is 5.56 Å². The molecule has 0 spiro atoms. The summed E-state index contributed by atoms with van der Waals surface area (Å²) in [5.41, 5.74) is 1.50. The first-order valence-corrected chi connectivity index (χ1v) is 13.5. The Labute approximate surface area is 236 Å². The van der Waals surface area contributed by atoms with Crippen LogP contribution in [0.1, 0.15) is 69.7 Å². The van der Waals surface area contributed by atoms with Crippen LogP contribution in [0.3, 0.4) is 0 Å². The van der Waals surface area contributed by atoms with E-state index in [2.05, 4.69) is 30.4 Å². The van der Waals surface area contributed by atoms with Gasteiger partial charge in [-0.3, -0.25) is 9.79 Å². The van der Waals surface area contributed by atoms with Gasteiger partial charge in [-0.1, -0.05) is 65.3 Å². The minimum atomic E-state index is -0.552. The van der Waals surface area contributed by atoms with Crippen molar-refractivity contribution in [3.63, 3.8) is 0 Å². The highest BCUT2D eigenvalue weighted by atomic mass is 19.1. The average Bonchev–Trinajstić information content (AvgIpc) is 2.95. The summed E-state index contributed by atoms with van der Waals surface area (Å²) in [5.74, 6) is 0.118. The molecule has 8 heteroatoms. The van der Waals surface area contributed by atoms with E-state index >= 15 is 0 Å². The lowest BCUT2D eigenvalue weighted by Gasteiger charge is -2.21. The number of nitrogens with zero attached hydrogens (tertiary/aromatic N) is 1. The Morgan fingerprint density at radius 2 is 1.62 bits per heavy atom. The summed E-state index contributed by atoms with van der Waals surface area (Å²) in [6, 6.07) is 11.3. The molecule has 0 amide bonds. The van der Waals surface area contributed by atoms with Crippen LogP contribution in [0.5, 0.6) is 17.2 Å². The summed E-state index contributed by atoms with van der Waals surface area (Å²) in [6.07, 6.45) is 3.44. The first kappa shape index (κ1) is 32.1. The van der Waals surface area contributed by atoms with Crippen molar-refractivity contribution < 1.29 is 23.7 Å². The minimum absolute atomic E-state index is 0.102. The molecule has 2 aromatic carbocycles. The Balaban J connectivity index is 0.00000178. The van der Waals surface area contributed by atoms with E-state index in [1.54, 1.807) is 30.3 Å². The molecule has 40 heavy (non-hydrogen) atoms. The Hall–Kier alpha value is -4.07. The molecule has 1 aromatic heterocycles. The van der Waals surface area contributed by atoms with E-state index in [0.29, 0.717) is 34.7 Å². The third kappa shape index (κ3) is 7.52. The molecule has 0 fully saturated rings. The number of aryl methyl sites for hydroxylation is 1. The van der Waals surface area contributed by atoms with Gasteiger partial charge >= 0.3 is 0 Å². The highest BCUT2D eigenvalue weighted by Crippen LogP contribution is 2.45. The van der Waals surface area contributed by atoms with E-state index in [1.807, 2.05) is 13.8 Å². The molecule has 3 aromatic rings. The molecule has 1 atom stereocenters. The highest BCUT2D eigenvalue weighted by Gasteiger charge is 2.28. The number of allylic oxidation sites excluding steroid dienone is 1. The number of ether oxygens (including phenoxy) is 3. The molecule has 216 valence electrons. The zero-order chi connectivity index (χ0) is 29.8. The third-order valence-electron chi connectivity index (χ3n) is 6.22.